The number of imidazole rings is 2. The third kappa shape index (κ3) is 2.09. The molecule has 0 aliphatic heterocycles. The number of hydrogen-bond donors (Lipinski definition) is 2. The SMILES string of the molecule is Cc1cc(Cl)cc2c1nc1[nH]c(CCC(=O)O)c(Br)n12. The van der Waals surface area contributed by atoms with E-state index in [0.29, 0.717) is 17.2 Å². The average Bonchev–Trinajstić information content (AvgIpc) is 2.85. The van der Waals surface area contributed by atoms with Crippen LogP contribution in [0.25, 0.3) is 16.8 Å². The first-order valence-corrected chi connectivity index (χ1v) is 7.21. The topological polar surface area (TPSA) is 70.4 Å². The van der Waals surface area contributed by atoms with Crippen LogP contribution in [-0.2, 0) is 11.2 Å². The molecule has 0 aliphatic rings. The highest BCUT2D eigenvalue weighted by Gasteiger charge is 2.16. The van der Waals surface area contributed by atoms with Crippen molar-refractivity contribution < 1.29 is 9.90 Å². The van der Waals surface area contributed by atoms with Crippen LogP contribution in [0.15, 0.2) is 16.7 Å². The summed E-state index contributed by atoms with van der Waals surface area (Å²) in [6.45, 7) is 1.96. The van der Waals surface area contributed by atoms with Crippen LogP contribution in [0.5, 0.6) is 0 Å². The summed E-state index contributed by atoms with van der Waals surface area (Å²) in [5.74, 6) is -0.148. The average molecular weight is 357 g/mol. The van der Waals surface area contributed by atoms with Crippen molar-refractivity contribution in [1.29, 1.82) is 0 Å². The molecule has 0 atom stereocenters. The number of nitrogens with one attached hydrogen (secondary N) is 1. The summed E-state index contributed by atoms with van der Waals surface area (Å²) < 4.78 is 2.70. The molecule has 5 nitrogen and oxygen atoms in total. The van der Waals surface area contributed by atoms with Crippen LogP contribution in [0.2, 0.25) is 5.02 Å². The summed E-state index contributed by atoms with van der Waals surface area (Å²) in [5, 5.41) is 9.42. The van der Waals surface area contributed by atoms with Crippen LogP contribution in [0, 0.1) is 6.92 Å². The molecule has 1 aromatic carbocycles. The van der Waals surface area contributed by atoms with Gasteiger partial charge in [0.25, 0.3) is 0 Å². The minimum atomic E-state index is -0.826. The van der Waals surface area contributed by atoms with Gasteiger partial charge in [-0.3, -0.25) is 9.20 Å². The second-order valence-electron chi connectivity index (χ2n) is 4.65. The van der Waals surface area contributed by atoms with Crippen LogP contribution in [0.4, 0.5) is 0 Å². The molecule has 0 unspecified atom stereocenters. The van der Waals surface area contributed by atoms with Crippen molar-refractivity contribution in [2.45, 2.75) is 19.8 Å². The molecule has 2 N–H and O–H groups in total. The lowest BCUT2D eigenvalue weighted by Crippen LogP contribution is -1.98. The van der Waals surface area contributed by atoms with Gasteiger partial charge in [-0.25, -0.2) is 4.98 Å². The van der Waals surface area contributed by atoms with Crippen molar-refractivity contribution in [2.24, 2.45) is 0 Å². The second-order valence-corrected chi connectivity index (χ2v) is 5.84. The third-order valence-electron chi connectivity index (χ3n) is 3.21. The quantitative estimate of drug-likeness (QED) is 0.754. The van der Waals surface area contributed by atoms with Gasteiger partial charge in [-0.05, 0) is 40.5 Å². The molecule has 7 heteroatoms. The molecule has 0 saturated carbocycles. The lowest BCUT2D eigenvalue weighted by molar-refractivity contribution is -0.136. The fourth-order valence-electron chi connectivity index (χ4n) is 2.31. The number of benzene rings is 1. The summed E-state index contributed by atoms with van der Waals surface area (Å²) in [6, 6.07) is 3.72. The number of aryl methyl sites for hydroxylation is 2. The Morgan fingerprint density at radius 2 is 2.30 bits per heavy atom. The largest absolute Gasteiger partial charge is 0.481 e. The van der Waals surface area contributed by atoms with E-state index in [9.17, 15) is 4.79 Å². The molecule has 2 aromatic heterocycles. The van der Waals surface area contributed by atoms with Crippen LogP contribution < -0.4 is 0 Å². The number of aliphatic carboxylic acids is 1. The predicted octanol–water partition coefficient (Wildman–Crippen LogP) is 3.56. The number of H-pyrrole nitrogens is 1. The highest BCUT2D eigenvalue weighted by molar-refractivity contribution is 9.10. The molecule has 3 rings (SSSR count). The van der Waals surface area contributed by atoms with Gasteiger partial charge < -0.3 is 10.1 Å². The number of carboxylic acids is 1. The van der Waals surface area contributed by atoms with Gasteiger partial charge in [0.15, 0.2) is 0 Å². The van der Waals surface area contributed by atoms with Crippen LogP contribution in [0.3, 0.4) is 0 Å². The Kier molecular flexibility index (Phi) is 3.22. The molecular weight excluding hydrogens is 346 g/mol. The standard InChI is InChI=1S/C13H11BrClN3O2/c1-6-4-7(15)5-9-11(6)17-13-16-8(2-3-10(19)20)12(14)18(9)13/h4-5H,2-3H2,1H3,(H,16,17)(H,19,20). The first-order chi connectivity index (χ1) is 9.47. The Bertz CT molecular complexity index is 837. The zero-order valence-electron chi connectivity index (χ0n) is 10.6. The van der Waals surface area contributed by atoms with Crippen molar-refractivity contribution >= 4 is 50.3 Å². The molecule has 0 amide bonds. The molecule has 0 fully saturated rings. The molecule has 3 aromatic rings. The maximum atomic E-state index is 10.7. The molecule has 0 saturated heterocycles. The maximum Gasteiger partial charge on any atom is 0.303 e. The van der Waals surface area contributed by atoms with E-state index in [1.165, 1.54) is 0 Å². The maximum absolute atomic E-state index is 10.7. The van der Waals surface area contributed by atoms with E-state index >= 15 is 0 Å². The Morgan fingerprint density at radius 3 is 3.00 bits per heavy atom. The van der Waals surface area contributed by atoms with Gasteiger partial charge in [0.2, 0.25) is 5.78 Å². The molecule has 0 aliphatic carbocycles. The first kappa shape index (κ1) is 13.5. The normalized spacial score (nSPS) is 11.6. The number of halogens is 2. The second kappa shape index (κ2) is 4.79. The lowest BCUT2D eigenvalue weighted by atomic mass is 10.2. The first-order valence-electron chi connectivity index (χ1n) is 6.04. The number of aromatic amines is 1. The monoisotopic (exact) mass is 355 g/mol. The highest BCUT2D eigenvalue weighted by Crippen LogP contribution is 2.29. The van der Waals surface area contributed by atoms with Gasteiger partial charge in [0.1, 0.15) is 4.60 Å². The van der Waals surface area contributed by atoms with E-state index in [1.54, 1.807) is 0 Å². The predicted molar refractivity (Wildman–Crippen MR) is 80.5 cm³/mol. The minimum Gasteiger partial charge on any atom is -0.481 e. The van der Waals surface area contributed by atoms with E-state index in [-0.39, 0.29) is 6.42 Å². The van der Waals surface area contributed by atoms with E-state index < -0.39 is 5.97 Å². The Morgan fingerprint density at radius 1 is 1.55 bits per heavy atom. The zero-order valence-corrected chi connectivity index (χ0v) is 12.9. The highest BCUT2D eigenvalue weighted by atomic mass is 79.9. The molecule has 2 heterocycles. The molecule has 104 valence electrons. The molecule has 0 spiro atoms. The molecular formula is C13H11BrClN3O2. The van der Waals surface area contributed by atoms with Crippen LogP contribution in [0.1, 0.15) is 17.7 Å². The van der Waals surface area contributed by atoms with Crippen molar-refractivity contribution in [3.63, 3.8) is 0 Å². The van der Waals surface area contributed by atoms with Crippen LogP contribution in [-0.4, -0.2) is 25.4 Å². The van der Waals surface area contributed by atoms with E-state index in [4.69, 9.17) is 16.7 Å². The lowest BCUT2D eigenvalue weighted by Gasteiger charge is -1.99. The summed E-state index contributed by atoms with van der Waals surface area (Å²) in [5.41, 5.74) is 3.60. The van der Waals surface area contributed by atoms with Crippen molar-refractivity contribution in [3.05, 3.63) is 33.0 Å². The van der Waals surface area contributed by atoms with Gasteiger partial charge in [-0.15, -0.1) is 0 Å². The van der Waals surface area contributed by atoms with Gasteiger partial charge in [-0.2, -0.15) is 0 Å². The van der Waals surface area contributed by atoms with Crippen molar-refractivity contribution in [2.75, 3.05) is 0 Å². The van der Waals surface area contributed by atoms with Gasteiger partial charge in [0, 0.05) is 17.1 Å². The number of carboxylic acid groups (broad SMARTS) is 1. The zero-order chi connectivity index (χ0) is 14.4. The number of aromatic nitrogens is 3. The van der Waals surface area contributed by atoms with Crippen molar-refractivity contribution in [1.82, 2.24) is 14.4 Å². The number of rotatable bonds is 3. The summed E-state index contributed by atoms with van der Waals surface area (Å²) in [7, 11) is 0. The van der Waals surface area contributed by atoms with E-state index in [0.717, 1.165) is 26.9 Å². The fraction of sp³-hybridized carbons (Fsp3) is 0.231. The summed E-state index contributed by atoms with van der Waals surface area (Å²) in [4.78, 5) is 18.4. The summed E-state index contributed by atoms with van der Waals surface area (Å²) >= 11 is 9.61. The van der Waals surface area contributed by atoms with Gasteiger partial charge >= 0.3 is 5.97 Å². The third-order valence-corrected chi connectivity index (χ3v) is 4.26. The van der Waals surface area contributed by atoms with E-state index in [1.807, 2.05) is 23.5 Å². The summed E-state index contributed by atoms with van der Waals surface area (Å²) in [6.07, 6.45) is 0.486. The Hall–Kier alpha value is -1.53. The Balaban J connectivity index is 2.20. The number of fused-ring (bicyclic) bond motifs is 3. The number of nitrogens with zero attached hydrogens (tertiary/aromatic N) is 2. The van der Waals surface area contributed by atoms with E-state index in [2.05, 4.69) is 25.9 Å². The molecule has 20 heavy (non-hydrogen) atoms. The number of carbonyl (C=O) groups is 1. The number of hydrogen-bond acceptors (Lipinski definition) is 2. The van der Waals surface area contributed by atoms with Gasteiger partial charge in [-0.1, -0.05) is 11.6 Å². The van der Waals surface area contributed by atoms with Crippen LogP contribution >= 0.6 is 27.5 Å². The fourth-order valence-corrected chi connectivity index (χ4v) is 3.23. The smallest absolute Gasteiger partial charge is 0.303 e. The van der Waals surface area contributed by atoms with Crippen molar-refractivity contribution in [3.8, 4) is 0 Å². The Labute approximate surface area is 127 Å². The van der Waals surface area contributed by atoms with Gasteiger partial charge in [0.05, 0.1) is 17.5 Å². The molecule has 0 bridgehead atoms. The molecule has 0 radical (unpaired) electrons. The minimum absolute atomic E-state index is 0.0694.